The fraction of sp³-hybridized carbons (Fsp3) is 0.185. The number of hydrogen-bond acceptors (Lipinski definition) is 4. The number of anilines is 1. The highest BCUT2D eigenvalue weighted by atomic mass is 19.1. The Morgan fingerprint density at radius 1 is 1.09 bits per heavy atom. The number of amides is 1. The molecule has 1 N–H and O–H groups in total. The molecule has 1 amide bonds. The summed E-state index contributed by atoms with van der Waals surface area (Å²) in [5.74, 6) is 0.802. The zero-order valence-corrected chi connectivity index (χ0v) is 18.3. The SMILES string of the molecule is Cc1oc(-c2ccc(C(=O)NCc3cccc(F)c3)cc2)nc1CN1CCc2ccccc21. The van der Waals surface area contributed by atoms with E-state index in [4.69, 9.17) is 9.40 Å². The second-order valence-electron chi connectivity index (χ2n) is 8.21. The number of hydrogen-bond donors (Lipinski definition) is 1. The quantitative estimate of drug-likeness (QED) is 0.442. The van der Waals surface area contributed by atoms with Gasteiger partial charge in [0.15, 0.2) is 0 Å². The van der Waals surface area contributed by atoms with Crippen LogP contribution in [0.1, 0.15) is 32.9 Å². The maximum atomic E-state index is 13.3. The molecule has 0 radical (unpaired) electrons. The van der Waals surface area contributed by atoms with Gasteiger partial charge in [-0.05, 0) is 66.9 Å². The Labute approximate surface area is 191 Å². The van der Waals surface area contributed by atoms with E-state index in [0.29, 0.717) is 23.6 Å². The maximum absolute atomic E-state index is 13.3. The molecule has 0 unspecified atom stereocenters. The highest BCUT2D eigenvalue weighted by molar-refractivity contribution is 5.94. The topological polar surface area (TPSA) is 58.4 Å². The van der Waals surface area contributed by atoms with Crippen molar-refractivity contribution in [1.82, 2.24) is 10.3 Å². The largest absolute Gasteiger partial charge is 0.441 e. The second-order valence-corrected chi connectivity index (χ2v) is 8.21. The van der Waals surface area contributed by atoms with Crippen molar-refractivity contribution in [2.75, 3.05) is 11.4 Å². The first kappa shape index (κ1) is 20.9. The van der Waals surface area contributed by atoms with E-state index in [1.54, 1.807) is 24.3 Å². The van der Waals surface area contributed by atoms with Crippen LogP contribution >= 0.6 is 0 Å². The third-order valence-electron chi connectivity index (χ3n) is 5.95. The monoisotopic (exact) mass is 441 g/mol. The lowest BCUT2D eigenvalue weighted by Crippen LogP contribution is -2.22. The lowest BCUT2D eigenvalue weighted by atomic mass is 10.1. The smallest absolute Gasteiger partial charge is 0.251 e. The number of aromatic nitrogens is 1. The predicted octanol–water partition coefficient (Wildman–Crippen LogP) is 5.28. The van der Waals surface area contributed by atoms with Crippen molar-refractivity contribution in [3.05, 3.63) is 107 Å². The first-order chi connectivity index (χ1) is 16.1. The van der Waals surface area contributed by atoms with Crippen molar-refractivity contribution < 1.29 is 13.6 Å². The molecule has 5 nitrogen and oxygen atoms in total. The standard InChI is InChI=1S/C27H24FN3O2/c1-18-24(17-31-14-13-20-6-2-3-8-25(20)31)30-27(33-18)22-11-9-21(10-12-22)26(32)29-16-19-5-4-7-23(28)15-19/h2-12,15H,13-14,16-17H2,1H3,(H,29,32). The fourth-order valence-electron chi connectivity index (χ4n) is 4.15. The van der Waals surface area contributed by atoms with Crippen molar-refractivity contribution in [2.24, 2.45) is 0 Å². The molecule has 0 saturated heterocycles. The third kappa shape index (κ3) is 4.51. The lowest BCUT2D eigenvalue weighted by Gasteiger charge is -2.17. The maximum Gasteiger partial charge on any atom is 0.251 e. The number of halogens is 1. The molecule has 2 heterocycles. The van der Waals surface area contributed by atoms with E-state index < -0.39 is 0 Å². The number of aryl methyl sites for hydroxylation is 1. The molecular formula is C27H24FN3O2. The Morgan fingerprint density at radius 3 is 2.73 bits per heavy atom. The van der Waals surface area contributed by atoms with Crippen LogP contribution in [-0.4, -0.2) is 17.4 Å². The summed E-state index contributed by atoms with van der Waals surface area (Å²) in [6.07, 6.45) is 1.04. The number of benzene rings is 3. The Kier molecular flexibility index (Phi) is 5.65. The molecular weight excluding hydrogens is 417 g/mol. The van der Waals surface area contributed by atoms with Gasteiger partial charge in [0, 0.05) is 29.9 Å². The predicted molar refractivity (Wildman–Crippen MR) is 125 cm³/mol. The van der Waals surface area contributed by atoms with Crippen molar-refractivity contribution in [3.63, 3.8) is 0 Å². The van der Waals surface area contributed by atoms with Crippen molar-refractivity contribution >= 4 is 11.6 Å². The molecule has 0 aliphatic carbocycles. The van der Waals surface area contributed by atoms with Gasteiger partial charge in [0.2, 0.25) is 5.89 Å². The van der Waals surface area contributed by atoms with E-state index in [2.05, 4.69) is 34.5 Å². The molecule has 6 heteroatoms. The second kappa shape index (κ2) is 8.90. The summed E-state index contributed by atoms with van der Waals surface area (Å²) < 4.78 is 19.2. The molecule has 5 rings (SSSR count). The molecule has 4 aromatic rings. The first-order valence-electron chi connectivity index (χ1n) is 11.0. The molecule has 0 atom stereocenters. The molecule has 1 aliphatic rings. The van der Waals surface area contributed by atoms with Gasteiger partial charge in [0.05, 0.1) is 6.54 Å². The number of carbonyl (C=O) groups is 1. The van der Waals surface area contributed by atoms with Gasteiger partial charge in [-0.15, -0.1) is 0 Å². The van der Waals surface area contributed by atoms with Gasteiger partial charge in [-0.25, -0.2) is 9.37 Å². The van der Waals surface area contributed by atoms with Crippen molar-refractivity contribution in [2.45, 2.75) is 26.4 Å². The minimum absolute atomic E-state index is 0.220. The Bertz CT molecular complexity index is 1300. The average molecular weight is 442 g/mol. The number of nitrogens with zero attached hydrogens (tertiary/aromatic N) is 2. The highest BCUT2D eigenvalue weighted by Gasteiger charge is 2.21. The van der Waals surface area contributed by atoms with E-state index >= 15 is 0 Å². The van der Waals surface area contributed by atoms with Gasteiger partial charge in [-0.3, -0.25) is 4.79 Å². The molecule has 1 aromatic heterocycles. The molecule has 3 aromatic carbocycles. The summed E-state index contributed by atoms with van der Waals surface area (Å²) in [6, 6.07) is 21.8. The number of nitrogens with one attached hydrogen (secondary N) is 1. The molecule has 33 heavy (non-hydrogen) atoms. The number of oxazole rings is 1. The molecule has 0 spiro atoms. The molecule has 166 valence electrons. The Balaban J connectivity index is 1.25. The van der Waals surface area contributed by atoms with E-state index in [1.807, 2.05) is 19.1 Å². The van der Waals surface area contributed by atoms with Gasteiger partial charge in [-0.2, -0.15) is 0 Å². The third-order valence-corrected chi connectivity index (χ3v) is 5.95. The fourth-order valence-corrected chi connectivity index (χ4v) is 4.15. The van der Waals surface area contributed by atoms with Crippen molar-refractivity contribution in [3.8, 4) is 11.5 Å². The number of rotatable bonds is 6. The van der Waals surface area contributed by atoms with Crippen LogP contribution in [0.2, 0.25) is 0 Å². The number of fused-ring (bicyclic) bond motifs is 1. The Hall–Kier alpha value is -3.93. The first-order valence-corrected chi connectivity index (χ1v) is 11.0. The van der Waals surface area contributed by atoms with Gasteiger partial charge in [0.1, 0.15) is 17.3 Å². The van der Waals surface area contributed by atoms with Crippen LogP contribution in [0.15, 0.2) is 77.2 Å². The van der Waals surface area contributed by atoms with Crippen LogP contribution in [0.4, 0.5) is 10.1 Å². The lowest BCUT2D eigenvalue weighted by molar-refractivity contribution is 0.0951. The zero-order chi connectivity index (χ0) is 22.8. The van der Waals surface area contributed by atoms with Gasteiger partial charge in [0.25, 0.3) is 5.91 Å². The van der Waals surface area contributed by atoms with Crippen LogP contribution in [0.3, 0.4) is 0 Å². The molecule has 0 bridgehead atoms. The van der Waals surface area contributed by atoms with Gasteiger partial charge < -0.3 is 14.6 Å². The van der Waals surface area contributed by atoms with E-state index in [-0.39, 0.29) is 18.3 Å². The molecule has 1 aliphatic heterocycles. The van der Waals surface area contributed by atoms with Crippen LogP contribution in [0.25, 0.3) is 11.5 Å². The van der Waals surface area contributed by atoms with Crippen molar-refractivity contribution in [1.29, 1.82) is 0 Å². The molecule has 0 saturated carbocycles. The van der Waals surface area contributed by atoms with E-state index in [1.165, 1.54) is 23.4 Å². The van der Waals surface area contributed by atoms with Gasteiger partial charge in [-0.1, -0.05) is 30.3 Å². The Morgan fingerprint density at radius 2 is 1.91 bits per heavy atom. The van der Waals surface area contributed by atoms with Crippen LogP contribution in [-0.2, 0) is 19.5 Å². The summed E-state index contributed by atoms with van der Waals surface area (Å²) in [7, 11) is 0. The minimum Gasteiger partial charge on any atom is -0.441 e. The van der Waals surface area contributed by atoms with E-state index in [0.717, 1.165) is 30.0 Å². The minimum atomic E-state index is -0.319. The number of para-hydroxylation sites is 1. The summed E-state index contributed by atoms with van der Waals surface area (Å²) in [5.41, 5.74) is 5.59. The summed E-state index contributed by atoms with van der Waals surface area (Å²) in [6.45, 7) is 3.87. The van der Waals surface area contributed by atoms with E-state index in [9.17, 15) is 9.18 Å². The van der Waals surface area contributed by atoms with Gasteiger partial charge >= 0.3 is 0 Å². The summed E-state index contributed by atoms with van der Waals surface area (Å²) in [5, 5.41) is 2.81. The van der Waals surface area contributed by atoms with Crippen LogP contribution in [0.5, 0.6) is 0 Å². The van der Waals surface area contributed by atoms with Crippen LogP contribution in [0, 0.1) is 12.7 Å². The normalized spacial score (nSPS) is 12.6. The van der Waals surface area contributed by atoms with Crippen LogP contribution < -0.4 is 10.2 Å². The summed E-state index contributed by atoms with van der Waals surface area (Å²) in [4.78, 5) is 19.5. The average Bonchev–Trinajstić information content (AvgIpc) is 3.41. The summed E-state index contributed by atoms with van der Waals surface area (Å²) >= 11 is 0. The highest BCUT2D eigenvalue weighted by Crippen LogP contribution is 2.30. The zero-order valence-electron chi connectivity index (χ0n) is 18.3. The number of carbonyl (C=O) groups excluding carboxylic acids is 1. The molecule has 0 fully saturated rings.